The number of nitrogen functional groups attached to an aromatic ring is 1. The van der Waals surface area contributed by atoms with Crippen LogP contribution in [0.1, 0.15) is 20.8 Å². The Hall–Kier alpha value is -0.900. The highest BCUT2D eigenvalue weighted by molar-refractivity contribution is 8.00. The van der Waals surface area contributed by atoms with Gasteiger partial charge in [-0.05, 0) is 6.07 Å². The average Bonchev–Trinajstić information content (AvgIpc) is 1.96. The molecule has 1 heterocycles. The molecule has 0 aliphatic rings. The number of pyridine rings is 1. The molecule has 1 rings (SSSR count). The largest absolute Gasteiger partial charge is 0.393 e. The number of thioether (sulfide) groups is 1. The lowest BCUT2D eigenvalue weighted by atomic mass is 10.3. The molecule has 3 nitrogen and oxygen atoms in total. The second-order valence-corrected chi connectivity index (χ2v) is 5.67. The highest BCUT2D eigenvalue weighted by atomic mass is 32.2. The fourth-order valence-electron chi connectivity index (χ4n) is 0.891. The first-order valence-electron chi connectivity index (χ1n) is 4.06. The maximum Gasteiger partial charge on any atom is 0.272 e. The van der Waals surface area contributed by atoms with Crippen LogP contribution in [0.4, 0.5) is 5.69 Å². The smallest absolute Gasteiger partial charge is 0.272 e. The van der Waals surface area contributed by atoms with E-state index in [0.29, 0.717) is 5.69 Å². The lowest BCUT2D eigenvalue weighted by molar-refractivity contribution is 0.803. The molecular weight excluding hydrogens is 184 g/mol. The number of aromatic nitrogens is 1. The summed E-state index contributed by atoms with van der Waals surface area (Å²) in [5.41, 5.74) is 5.72. The maximum atomic E-state index is 11.1. The van der Waals surface area contributed by atoms with Gasteiger partial charge in [0.05, 0.1) is 0 Å². The molecule has 0 unspecified atom stereocenters. The molecule has 1 aromatic rings. The lowest BCUT2D eigenvalue weighted by Gasteiger charge is -2.17. The molecular formula is C9H14N2OS. The van der Waals surface area contributed by atoms with Crippen LogP contribution in [0.2, 0.25) is 0 Å². The van der Waals surface area contributed by atoms with Gasteiger partial charge in [-0.15, -0.1) is 11.8 Å². The van der Waals surface area contributed by atoms with E-state index in [2.05, 4.69) is 25.8 Å². The van der Waals surface area contributed by atoms with Crippen molar-refractivity contribution in [3.05, 3.63) is 22.6 Å². The number of nitrogens with one attached hydrogen (secondary N) is 1. The summed E-state index contributed by atoms with van der Waals surface area (Å²) in [4.78, 5) is 14.5. The van der Waals surface area contributed by atoms with Crippen molar-refractivity contribution in [1.29, 1.82) is 0 Å². The molecule has 0 fully saturated rings. The van der Waals surface area contributed by atoms with Gasteiger partial charge in [0, 0.05) is 15.8 Å². The summed E-state index contributed by atoms with van der Waals surface area (Å²) in [5, 5.41) is 0. The van der Waals surface area contributed by atoms with E-state index < -0.39 is 0 Å². The highest BCUT2D eigenvalue weighted by Crippen LogP contribution is 2.33. The van der Waals surface area contributed by atoms with Crippen molar-refractivity contribution in [3.8, 4) is 0 Å². The van der Waals surface area contributed by atoms with E-state index in [1.54, 1.807) is 18.0 Å². The predicted molar refractivity (Wildman–Crippen MR) is 57.1 cm³/mol. The van der Waals surface area contributed by atoms with Crippen molar-refractivity contribution in [2.45, 2.75) is 30.4 Å². The lowest BCUT2D eigenvalue weighted by Crippen LogP contribution is -2.14. The fourth-order valence-corrected chi connectivity index (χ4v) is 1.89. The monoisotopic (exact) mass is 198 g/mol. The van der Waals surface area contributed by atoms with E-state index in [0.717, 1.165) is 4.90 Å². The summed E-state index contributed by atoms with van der Waals surface area (Å²) < 4.78 is 0.0713. The Labute approximate surface area is 81.7 Å². The van der Waals surface area contributed by atoms with Crippen LogP contribution in [0.25, 0.3) is 0 Å². The van der Waals surface area contributed by atoms with E-state index in [-0.39, 0.29) is 10.3 Å². The number of hydrogen-bond donors (Lipinski definition) is 2. The molecule has 0 spiro atoms. The minimum Gasteiger partial charge on any atom is -0.393 e. The van der Waals surface area contributed by atoms with Crippen molar-refractivity contribution in [1.82, 2.24) is 4.98 Å². The van der Waals surface area contributed by atoms with Crippen molar-refractivity contribution in [3.63, 3.8) is 0 Å². The van der Waals surface area contributed by atoms with Gasteiger partial charge in [0.15, 0.2) is 0 Å². The predicted octanol–water partition coefficient (Wildman–Crippen LogP) is 1.85. The zero-order valence-electron chi connectivity index (χ0n) is 8.05. The molecule has 0 amide bonds. The van der Waals surface area contributed by atoms with Gasteiger partial charge >= 0.3 is 0 Å². The normalized spacial score (nSPS) is 11.6. The minimum absolute atomic E-state index is 0.0713. The minimum atomic E-state index is -0.214. The quantitative estimate of drug-likeness (QED) is 0.677. The summed E-state index contributed by atoms with van der Waals surface area (Å²) in [5.74, 6) is 0. The second kappa shape index (κ2) is 3.46. The first kappa shape index (κ1) is 10.2. The standard InChI is InChI=1S/C9H14N2OS/c1-9(2,3)13-6-4-5-11-8(12)7(6)10/h4-5H,10H2,1-3H3,(H,11,12). The SMILES string of the molecule is CC(C)(C)Sc1cc[nH]c(=O)c1N. The number of anilines is 1. The second-order valence-electron chi connectivity index (χ2n) is 3.80. The first-order chi connectivity index (χ1) is 5.90. The Bertz CT molecular complexity index is 351. The molecule has 0 radical (unpaired) electrons. The summed E-state index contributed by atoms with van der Waals surface area (Å²) in [6.07, 6.45) is 1.62. The molecule has 0 bridgehead atoms. The van der Waals surface area contributed by atoms with Crippen LogP contribution in [0.5, 0.6) is 0 Å². The molecule has 0 aromatic carbocycles. The van der Waals surface area contributed by atoms with Crippen LogP contribution in [-0.4, -0.2) is 9.73 Å². The van der Waals surface area contributed by atoms with Crippen LogP contribution < -0.4 is 11.3 Å². The van der Waals surface area contributed by atoms with Gasteiger partial charge < -0.3 is 10.7 Å². The Morgan fingerprint density at radius 3 is 2.62 bits per heavy atom. The molecule has 0 aliphatic heterocycles. The highest BCUT2D eigenvalue weighted by Gasteiger charge is 2.14. The van der Waals surface area contributed by atoms with Gasteiger partial charge in [-0.3, -0.25) is 4.79 Å². The van der Waals surface area contributed by atoms with E-state index >= 15 is 0 Å². The van der Waals surface area contributed by atoms with Crippen molar-refractivity contribution in [2.24, 2.45) is 0 Å². The van der Waals surface area contributed by atoms with Gasteiger partial charge in [0.1, 0.15) is 5.69 Å². The summed E-state index contributed by atoms with van der Waals surface area (Å²) in [6, 6.07) is 1.83. The van der Waals surface area contributed by atoms with Gasteiger partial charge in [-0.25, -0.2) is 0 Å². The van der Waals surface area contributed by atoms with Crippen LogP contribution in [-0.2, 0) is 0 Å². The average molecular weight is 198 g/mol. The third kappa shape index (κ3) is 2.81. The molecule has 1 aromatic heterocycles. The molecule has 0 saturated heterocycles. The van der Waals surface area contributed by atoms with E-state index in [1.807, 2.05) is 6.07 Å². The van der Waals surface area contributed by atoms with Gasteiger partial charge in [0.25, 0.3) is 5.56 Å². The summed E-state index contributed by atoms with van der Waals surface area (Å²) in [7, 11) is 0. The first-order valence-corrected chi connectivity index (χ1v) is 4.88. The summed E-state index contributed by atoms with van der Waals surface area (Å²) >= 11 is 1.60. The molecule has 4 heteroatoms. The molecule has 72 valence electrons. The number of H-pyrrole nitrogens is 1. The Morgan fingerprint density at radius 1 is 1.46 bits per heavy atom. The van der Waals surface area contributed by atoms with E-state index in [1.165, 1.54) is 0 Å². The van der Waals surface area contributed by atoms with Gasteiger partial charge in [-0.2, -0.15) is 0 Å². The maximum absolute atomic E-state index is 11.1. The van der Waals surface area contributed by atoms with Crippen molar-refractivity contribution in [2.75, 3.05) is 5.73 Å². The van der Waals surface area contributed by atoms with Crippen LogP contribution in [0, 0.1) is 0 Å². The van der Waals surface area contributed by atoms with Crippen LogP contribution in [0.3, 0.4) is 0 Å². The third-order valence-electron chi connectivity index (χ3n) is 1.38. The molecule has 3 N–H and O–H groups in total. The molecule has 0 atom stereocenters. The van der Waals surface area contributed by atoms with E-state index in [9.17, 15) is 4.79 Å². The fraction of sp³-hybridized carbons (Fsp3) is 0.444. The zero-order valence-corrected chi connectivity index (χ0v) is 8.87. The third-order valence-corrected chi connectivity index (χ3v) is 2.56. The molecule has 0 saturated carbocycles. The van der Waals surface area contributed by atoms with Gasteiger partial charge in [0.2, 0.25) is 0 Å². The Balaban J connectivity index is 3.03. The molecule has 13 heavy (non-hydrogen) atoms. The topological polar surface area (TPSA) is 58.9 Å². The van der Waals surface area contributed by atoms with E-state index in [4.69, 9.17) is 5.73 Å². The van der Waals surface area contributed by atoms with Crippen LogP contribution in [0.15, 0.2) is 22.0 Å². The summed E-state index contributed by atoms with van der Waals surface area (Å²) in [6.45, 7) is 6.24. The number of nitrogens with two attached hydrogens (primary N) is 1. The number of aromatic amines is 1. The number of hydrogen-bond acceptors (Lipinski definition) is 3. The Kier molecular flexibility index (Phi) is 2.71. The van der Waals surface area contributed by atoms with Crippen molar-refractivity contribution < 1.29 is 0 Å². The Morgan fingerprint density at radius 2 is 2.08 bits per heavy atom. The van der Waals surface area contributed by atoms with Crippen LogP contribution >= 0.6 is 11.8 Å². The van der Waals surface area contributed by atoms with Gasteiger partial charge in [-0.1, -0.05) is 20.8 Å². The number of rotatable bonds is 1. The molecule has 0 aliphatic carbocycles. The zero-order chi connectivity index (χ0) is 10.1. The van der Waals surface area contributed by atoms with Crippen molar-refractivity contribution >= 4 is 17.4 Å².